The summed E-state index contributed by atoms with van der Waals surface area (Å²) in [5, 5.41) is 5.64. The summed E-state index contributed by atoms with van der Waals surface area (Å²) in [7, 11) is 0. The van der Waals surface area contributed by atoms with Gasteiger partial charge in [-0.3, -0.25) is 14.5 Å². The molecule has 2 aromatic carbocycles. The predicted molar refractivity (Wildman–Crippen MR) is 116 cm³/mol. The van der Waals surface area contributed by atoms with Crippen LogP contribution in [0.5, 0.6) is 0 Å². The summed E-state index contributed by atoms with van der Waals surface area (Å²) in [5.41, 5.74) is 3.88. The Bertz CT molecular complexity index is 850. The van der Waals surface area contributed by atoms with E-state index in [-0.39, 0.29) is 18.4 Å². The van der Waals surface area contributed by atoms with Crippen LogP contribution >= 0.6 is 0 Å². The number of rotatable bonds is 7. The number of piperidine rings is 1. The van der Waals surface area contributed by atoms with Gasteiger partial charge in [-0.15, -0.1) is 0 Å². The summed E-state index contributed by atoms with van der Waals surface area (Å²) in [6.45, 7) is 6.66. The van der Waals surface area contributed by atoms with Gasteiger partial charge in [-0.25, -0.2) is 0 Å². The van der Waals surface area contributed by atoms with Crippen molar-refractivity contribution in [2.24, 2.45) is 0 Å². The zero-order valence-electron chi connectivity index (χ0n) is 17.4. The molecule has 1 fully saturated rings. The van der Waals surface area contributed by atoms with Crippen LogP contribution in [0.4, 0.5) is 0 Å². The van der Waals surface area contributed by atoms with E-state index < -0.39 is 0 Å². The van der Waals surface area contributed by atoms with Gasteiger partial charge in [0, 0.05) is 24.7 Å². The predicted octanol–water partition coefficient (Wildman–Crippen LogP) is 3.42. The van der Waals surface area contributed by atoms with Crippen LogP contribution in [0.2, 0.25) is 0 Å². The average Bonchev–Trinajstić information content (AvgIpc) is 2.73. The number of nitrogens with zero attached hydrogens (tertiary/aromatic N) is 1. The highest BCUT2D eigenvalue weighted by atomic mass is 16.2. The molecule has 1 heterocycles. The molecule has 5 heteroatoms. The van der Waals surface area contributed by atoms with E-state index in [9.17, 15) is 9.59 Å². The first-order chi connectivity index (χ1) is 14.0. The third-order valence-corrected chi connectivity index (χ3v) is 5.71. The van der Waals surface area contributed by atoms with Gasteiger partial charge in [-0.2, -0.15) is 0 Å². The number of aryl methyl sites for hydroxylation is 1. The molecule has 0 spiro atoms. The Morgan fingerprint density at radius 3 is 2.48 bits per heavy atom. The van der Waals surface area contributed by atoms with Crippen molar-refractivity contribution < 1.29 is 9.59 Å². The maximum atomic E-state index is 12.3. The minimum atomic E-state index is -0.224. The summed E-state index contributed by atoms with van der Waals surface area (Å²) < 4.78 is 0. The van der Waals surface area contributed by atoms with Crippen LogP contribution in [0.1, 0.15) is 53.2 Å². The third-order valence-electron chi connectivity index (χ3n) is 5.71. The fraction of sp³-hybridized carbons (Fsp3) is 0.417. The summed E-state index contributed by atoms with van der Waals surface area (Å²) >= 11 is 0. The Hall–Kier alpha value is -2.66. The normalized spacial score (nSPS) is 17.0. The molecule has 1 atom stereocenters. The molecule has 0 aromatic heterocycles. The number of amides is 2. The van der Waals surface area contributed by atoms with Gasteiger partial charge < -0.3 is 10.6 Å². The molecule has 1 unspecified atom stereocenters. The molecule has 0 bridgehead atoms. The molecule has 1 aliphatic heterocycles. The lowest BCUT2D eigenvalue weighted by Gasteiger charge is -2.33. The highest BCUT2D eigenvalue weighted by Crippen LogP contribution is 2.20. The summed E-state index contributed by atoms with van der Waals surface area (Å²) in [5.74, 6) is -0.411. The van der Waals surface area contributed by atoms with Gasteiger partial charge in [0.25, 0.3) is 5.91 Å². The van der Waals surface area contributed by atoms with Gasteiger partial charge in [0.2, 0.25) is 5.91 Å². The Labute approximate surface area is 173 Å². The molecule has 1 aliphatic rings. The number of hydrogen-bond acceptors (Lipinski definition) is 3. The Morgan fingerprint density at radius 2 is 1.72 bits per heavy atom. The molecular weight excluding hydrogens is 362 g/mol. The van der Waals surface area contributed by atoms with E-state index in [1.807, 2.05) is 31.2 Å². The second-order valence-corrected chi connectivity index (χ2v) is 7.86. The molecule has 2 N–H and O–H groups in total. The molecule has 1 saturated heterocycles. The molecule has 0 radical (unpaired) electrons. The Morgan fingerprint density at radius 1 is 1.00 bits per heavy atom. The van der Waals surface area contributed by atoms with Gasteiger partial charge in [-0.1, -0.05) is 48.9 Å². The third kappa shape index (κ3) is 5.91. The Kier molecular flexibility index (Phi) is 7.42. The molecule has 0 saturated carbocycles. The van der Waals surface area contributed by atoms with Crippen LogP contribution < -0.4 is 10.6 Å². The molecule has 2 amide bonds. The van der Waals surface area contributed by atoms with Crippen LogP contribution in [0.3, 0.4) is 0 Å². The van der Waals surface area contributed by atoms with E-state index in [0.717, 1.165) is 24.2 Å². The Balaban J connectivity index is 1.51. The molecule has 29 heavy (non-hydrogen) atoms. The second-order valence-electron chi connectivity index (χ2n) is 7.86. The second kappa shape index (κ2) is 10.2. The minimum Gasteiger partial charge on any atom is -0.350 e. The number of carbonyl (C=O) groups excluding carboxylic acids is 2. The minimum absolute atomic E-state index is 0.0293. The number of carbonyl (C=O) groups is 2. The van der Waals surface area contributed by atoms with Gasteiger partial charge in [0.15, 0.2) is 0 Å². The number of likely N-dealkylation sites (tertiary alicyclic amines) is 1. The van der Waals surface area contributed by atoms with Gasteiger partial charge in [0.1, 0.15) is 0 Å². The van der Waals surface area contributed by atoms with Crippen molar-refractivity contribution in [2.45, 2.75) is 52.2 Å². The standard InChI is InChI=1S/C24H31N3O2/c1-18-9-3-6-13-22(18)24(29)26-16-23(28)25-15-20-11-4-5-12-21(20)17-27-14-8-7-10-19(27)2/h3-6,9,11-13,19H,7-8,10,14-17H2,1-2H3,(H,25,28)(H,26,29). The monoisotopic (exact) mass is 393 g/mol. The first kappa shape index (κ1) is 21.1. The molecule has 3 rings (SSSR count). The maximum Gasteiger partial charge on any atom is 0.251 e. The van der Waals surface area contributed by atoms with Crippen molar-refractivity contribution in [3.8, 4) is 0 Å². The number of benzene rings is 2. The van der Waals surface area contributed by atoms with E-state index >= 15 is 0 Å². The molecule has 5 nitrogen and oxygen atoms in total. The van der Waals surface area contributed by atoms with Crippen molar-refractivity contribution in [1.29, 1.82) is 0 Å². The van der Waals surface area contributed by atoms with E-state index in [1.54, 1.807) is 6.07 Å². The van der Waals surface area contributed by atoms with Crippen LogP contribution in [0.15, 0.2) is 48.5 Å². The molecule has 0 aliphatic carbocycles. The summed E-state index contributed by atoms with van der Waals surface area (Å²) in [6.07, 6.45) is 3.81. The van der Waals surface area contributed by atoms with Crippen LogP contribution in [0.25, 0.3) is 0 Å². The zero-order chi connectivity index (χ0) is 20.6. The lowest BCUT2D eigenvalue weighted by molar-refractivity contribution is -0.120. The first-order valence-corrected chi connectivity index (χ1v) is 10.5. The lowest BCUT2D eigenvalue weighted by Crippen LogP contribution is -2.38. The van der Waals surface area contributed by atoms with Crippen molar-refractivity contribution in [1.82, 2.24) is 15.5 Å². The van der Waals surface area contributed by atoms with E-state index in [1.165, 1.54) is 24.8 Å². The molecular formula is C24H31N3O2. The molecule has 154 valence electrons. The maximum absolute atomic E-state index is 12.3. The summed E-state index contributed by atoms with van der Waals surface area (Å²) in [4.78, 5) is 27.0. The number of hydrogen-bond donors (Lipinski definition) is 2. The van der Waals surface area contributed by atoms with E-state index in [0.29, 0.717) is 18.2 Å². The highest BCUT2D eigenvalue weighted by molar-refractivity contribution is 5.97. The SMILES string of the molecule is Cc1ccccc1C(=O)NCC(=O)NCc1ccccc1CN1CCCCC1C. The van der Waals surface area contributed by atoms with Crippen LogP contribution in [0, 0.1) is 6.92 Å². The van der Waals surface area contributed by atoms with Gasteiger partial charge in [0.05, 0.1) is 6.54 Å². The van der Waals surface area contributed by atoms with Crippen molar-refractivity contribution in [3.63, 3.8) is 0 Å². The quantitative estimate of drug-likeness (QED) is 0.758. The smallest absolute Gasteiger partial charge is 0.251 e. The van der Waals surface area contributed by atoms with Crippen LogP contribution in [-0.4, -0.2) is 35.8 Å². The fourth-order valence-electron chi connectivity index (χ4n) is 3.84. The van der Waals surface area contributed by atoms with Crippen LogP contribution in [-0.2, 0) is 17.9 Å². The van der Waals surface area contributed by atoms with Crippen molar-refractivity contribution in [3.05, 3.63) is 70.8 Å². The van der Waals surface area contributed by atoms with Crippen molar-refractivity contribution in [2.75, 3.05) is 13.1 Å². The first-order valence-electron chi connectivity index (χ1n) is 10.5. The molecule has 2 aromatic rings. The summed E-state index contributed by atoms with van der Waals surface area (Å²) in [6, 6.07) is 16.2. The zero-order valence-corrected chi connectivity index (χ0v) is 17.4. The van der Waals surface area contributed by atoms with Crippen molar-refractivity contribution >= 4 is 11.8 Å². The topological polar surface area (TPSA) is 61.4 Å². The van der Waals surface area contributed by atoms with Gasteiger partial charge >= 0.3 is 0 Å². The number of nitrogens with one attached hydrogen (secondary N) is 2. The lowest BCUT2D eigenvalue weighted by atomic mass is 10.0. The largest absolute Gasteiger partial charge is 0.350 e. The fourth-order valence-corrected chi connectivity index (χ4v) is 3.84. The average molecular weight is 394 g/mol. The van der Waals surface area contributed by atoms with E-state index in [2.05, 4.69) is 40.7 Å². The highest BCUT2D eigenvalue weighted by Gasteiger charge is 2.19. The van der Waals surface area contributed by atoms with Gasteiger partial charge in [-0.05, 0) is 56.0 Å². The van der Waals surface area contributed by atoms with E-state index in [4.69, 9.17) is 0 Å².